The minimum atomic E-state index is -0.695. The third kappa shape index (κ3) is 7.77. The van der Waals surface area contributed by atoms with Crippen molar-refractivity contribution in [3.63, 3.8) is 0 Å². The number of hydrogen-bond acceptors (Lipinski definition) is 6. The highest BCUT2D eigenvalue weighted by atomic mass is 32.2. The molecule has 0 spiro atoms. The minimum absolute atomic E-state index is 0.373. The fraction of sp³-hybridized carbons (Fsp3) is 0.500. The van der Waals surface area contributed by atoms with Gasteiger partial charge in [0.15, 0.2) is 0 Å². The average molecular weight is 382 g/mol. The number of amides is 2. The van der Waals surface area contributed by atoms with Crippen molar-refractivity contribution in [1.29, 1.82) is 0 Å². The lowest BCUT2D eigenvalue weighted by molar-refractivity contribution is -0.142. The Bertz CT molecular complexity index is 625. The number of ether oxygens (including phenoxy) is 2. The summed E-state index contributed by atoms with van der Waals surface area (Å²) in [5.41, 5.74) is 0.282. The maximum atomic E-state index is 12.3. The topological polar surface area (TPSA) is 93.7 Å². The summed E-state index contributed by atoms with van der Waals surface area (Å²) in [6, 6.07) is 5.61. The van der Waals surface area contributed by atoms with E-state index < -0.39 is 23.7 Å². The Hall–Kier alpha value is -2.22. The number of carbonyl (C=O) groups excluding carboxylic acids is 3. The first-order valence-corrected chi connectivity index (χ1v) is 9.53. The van der Waals surface area contributed by atoms with Crippen LogP contribution in [0.15, 0.2) is 24.3 Å². The predicted octanol–water partition coefficient (Wildman–Crippen LogP) is 3.06. The van der Waals surface area contributed by atoms with Gasteiger partial charge in [0.1, 0.15) is 11.6 Å². The Morgan fingerprint density at radius 1 is 1.15 bits per heavy atom. The lowest BCUT2D eigenvalue weighted by Crippen LogP contribution is -2.41. The van der Waals surface area contributed by atoms with Gasteiger partial charge >= 0.3 is 12.1 Å². The molecule has 144 valence electrons. The molecule has 7 nitrogen and oxygen atoms in total. The third-order valence-electron chi connectivity index (χ3n) is 3.19. The summed E-state index contributed by atoms with van der Waals surface area (Å²) in [5, 5.41) is 5.26. The zero-order valence-corrected chi connectivity index (χ0v) is 16.6. The number of hydrogen-bond donors (Lipinski definition) is 2. The molecule has 0 heterocycles. The van der Waals surface area contributed by atoms with Crippen LogP contribution in [0.2, 0.25) is 0 Å². The standard InChI is InChI=1S/C18H26N2O5S/c1-18(2,3)25-17(23)19-13-8-6-12(7-9-13)15(21)20-14(10-11-26-5)16(22)24-4/h6-9,14H,10-11H2,1-5H3,(H,19,23)(H,20,21). The normalized spacial score (nSPS) is 12.0. The van der Waals surface area contributed by atoms with Gasteiger partial charge in [-0.1, -0.05) is 0 Å². The van der Waals surface area contributed by atoms with Gasteiger partial charge in [-0.05, 0) is 63.5 Å². The molecule has 0 aromatic heterocycles. The molecule has 0 aliphatic heterocycles. The summed E-state index contributed by atoms with van der Waals surface area (Å²) >= 11 is 1.58. The van der Waals surface area contributed by atoms with Crippen LogP contribution in [0.25, 0.3) is 0 Å². The molecule has 8 heteroatoms. The van der Waals surface area contributed by atoms with E-state index >= 15 is 0 Å². The average Bonchev–Trinajstić information content (AvgIpc) is 2.56. The molecule has 1 atom stereocenters. The Morgan fingerprint density at radius 2 is 1.77 bits per heavy atom. The molecule has 0 aliphatic rings. The molecule has 2 N–H and O–H groups in total. The summed E-state index contributed by atoms with van der Waals surface area (Å²) in [6.07, 6.45) is 1.84. The van der Waals surface area contributed by atoms with Crippen LogP contribution in [0, 0.1) is 0 Å². The van der Waals surface area contributed by atoms with E-state index in [4.69, 9.17) is 9.47 Å². The molecule has 1 aromatic carbocycles. The molecule has 26 heavy (non-hydrogen) atoms. The number of benzene rings is 1. The summed E-state index contributed by atoms with van der Waals surface area (Å²) in [6.45, 7) is 5.32. The molecule has 0 bridgehead atoms. The lowest BCUT2D eigenvalue weighted by atomic mass is 10.1. The van der Waals surface area contributed by atoms with Gasteiger partial charge in [0.05, 0.1) is 7.11 Å². The number of thioether (sulfide) groups is 1. The van der Waals surface area contributed by atoms with Crippen molar-refractivity contribution in [2.45, 2.75) is 38.8 Å². The van der Waals surface area contributed by atoms with Crippen LogP contribution in [0.4, 0.5) is 10.5 Å². The van der Waals surface area contributed by atoms with Crippen molar-refractivity contribution in [1.82, 2.24) is 5.32 Å². The molecule has 0 saturated heterocycles. The smallest absolute Gasteiger partial charge is 0.412 e. The second kappa shape index (κ2) is 10.1. The fourth-order valence-electron chi connectivity index (χ4n) is 1.99. The molecule has 2 amide bonds. The highest BCUT2D eigenvalue weighted by molar-refractivity contribution is 7.98. The van der Waals surface area contributed by atoms with E-state index in [0.717, 1.165) is 5.75 Å². The molecular weight excluding hydrogens is 356 g/mol. The number of nitrogens with one attached hydrogen (secondary N) is 2. The van der Waals surface area contributed by atoms with E-state index in [9.17, 15) is 14.4 Å². The van der Waals surface area contributed by atoms with Crippen molar-refractivity contribution >= 4 is 35.4 Å². The van der Waals surface area contributed by atoms with E-state index in [0.29, 0.717) is 17.7 Å². The van der Waals surface area contributed by atoms with E-state index in [1.807, 2.05) is 6.26 Å². The largest absolute Gasteiger partial charge is 0.467 e. The molecule has 0 saturated carbocycles. The highest BCUT2D eigenvalue weighted by Crippen LogP contribution is 2.13. The SMILES string of the molecule is COC(=O)C(CCSC)NC(=O)c1ccc(NC(=O)OC(C)(C)C)cc1. The summed E-state index contributed by atoms with van der Waals surface area (Å²) in [4.78, 5) is 35.8. The Morgan fingerprint density at radius 3 is 2.27 bits per heavy atom. The first-order chi connectivity index (χ1) is 12.2. The van der Waals surface area contributed by atoms with Gasteiger partial charge in [0, 0.05) is 11.3 Å². The fourth-order valence-corrected chi connectivity index (χ4v) is 2.47. The Balaban J connectivity index is 2.70. The van der Waals surface area contributed by atoms with Gasteiger partial charge in [-0.15, -0.1) is 0 Å². The zero-order chi connectivity index (χ0) is 19.7. The van der Waals surface area contributed by atoms with Crippen LogP contribution in [0.1, 0.15) is 37.6 Å². The van der Waals surface area contributed by atoms with Gasteiger partial charge in [-0.25, -0.2) is 9.59 Å². The molecule has 1 rings (SSSR count). The van der Waals surface area contributed by atoms with Gasteiger partial charge < -0.3 is 14.8 Å². The quantitative estimate of drug-likeness (QED) is 0.704. The molecule has 1 unspecified atom stereocenters. The molecule has 0 radical (unpaired) electrons. The van der Waals surface area contributed by atoms with E-state index in [1.54, 1.807) is 56.8 Å². The second-order valence-electron chi connectivity index (χ2n) is 6.53. The minimum Gasteiger partial charge on any atom is -0.467 e. The summed E-state index contributed by atoms with van der Waals surface area (Å²) in [7, 11) is 1.29. The summed E-state index contributed by atoms with van der Waals surface area (Å²) in [5.74, 6) is -0.139. The lowest BCUT2D eigenvalue weighted by Gasteiger charge is -2.19. The number of methoxy groups -OCH3 is 1. The number of rotatable bonds is 7. The predicted molar refractivity (Wildman–Crippen MR) is 103 cm³/mol. The van der Waals surface area contributed by atoms with Gasteiger partial charge in [0.2, 0.25) is 0 Å². The van der Waals surface area contributed by atoms with Crippen LogP contribution >= 0.6 is 11.8 Å². The Labute approximate surface area is 158 Å². The van der Waals surface area contributed by atoms with Crippen LogP contribution in [0.5, 0.6) is 0 Å². The van der Waals surface area contributed by atoms with Crippen molar-refractivity contribution in [3.8, 4) is 0 Å². The summed E-state index contributed by atoms with van der Waals surface area (Å²) < 4.78 is 9.89. The van der Waals surface area contributed by atoms with Crippen LogP contribution in [-0.4, -0.2) is 48.7 Å². The van der Waals surface area contributed by atoms with Gasteiger partial charge in [-0.2, -0.15) is 11.8 Å². The first kappa shape index (κ1) is 21.8. The van der Waals surface area contributed by atoms with Crippen LogP contribution in [-0.2, 0) is 14.3 Å². The molecule has 0 fully saturated rings. The van der Waals surface area contributed by atoms with Crippen LogP contribution < -0.4 is 10.6 Å². The maximum absolute atomic E-state index is 12.3. The number of carbonyl (C=O) groups is 3. The maximum Gasteiger partial charge on any atom is 0.412 e. The van der Waals surface area contributed by atoms with Crippen molar-refractivity contribution in [2.75, 3.05) is 24.4 Å². The molecule has 1 aromatic rings. The zero-order valence-electron chi connectivity index (χ0n) is 15.8. The van der Waals surface area contributed by atoms with E-state index in [-0.39, 0.29) is 5.91 Å². The first-order valence-electron chi connectivity index (χ1n) is 8.14. The highest BCUT2D eigenvalue weighted by Gasteiger charge is 2.22. The van der Waals surface area contributed by atoms with Crippen molar-refractivity contribution in [3.05, 3.63) is 29.8 Å². The van der Waals surface area contributed by atoms with E-state index in [2.05, 4.69) is 10.6 Å². The second-order valence-corrected chi connectivity index (χ2v) is 7.52. The Kier molecular flexibility index (Phi) is 8.44. The number of anilines is 1. The molecule has 0 aliphatic carbocycles. The number of esters is 1. The molecular formula is C18H26N2O5S. The van der Waals surface area contributed by atoms with Crippen LogP contribution in [0.3, 0.4) is 0 Å². The monoisotopic (exact) mass is 382 g/mol. The van der Waals surface area contributed by atoms with Gasteiger partial charge in [0.25, 0.3) is 5.91 Å². The van der Waals surface area contributed by atoms with Crippen molar-refractivity contribution in [2.24, 2.45) is 0 Å². The van der Waals surface area contributed by atoms with Crippen molar-refractivity contribution < 1.29 is 23.9 Å². The van der Waals surface area contributed by atoms with Gasteiger partial charge in [-0.3, -0.25) is 10.1 Å². The van der Waals surface area contributed by atoms with E-state index in [1.165, 1.54) is 7.11 Å². The third-order valence-corrected chi connectivity index (χ3v) is 3.84.